The Morgan fingerprint density at radius 1 is 0.580 bits per heavy atom. The smallest absolute Gasteiger partial charge is 0.268 e. The first kappa shape index (κ1) is 43.0. The van der Waals surface area contributed by atoms with E-state index in [1.54, 1.807) is 0 Å². The summed E-state index contributed by atoms with van der Waals surface area (Å²) in [5.74, 6) is 1.88. The van der Waals surface area contributed by atoms with Gasteiger partial charge in [-0.15, -0.1) is 29.7 Å². The first-order chi connectivity index (χ1) is 33.7. The third kappa shape index (κ3) is 8.96. The second kappa shape index (κ2) is 18.3. The fourth-order valence-electron chi connectivity index (χ4n) is 9.22. The van der Waals surface area contributed by atoms with Crippen molar-refractivity contribution in [1.29, 1.82) is 0 Å². The van der Waals surface area contributed by atoms with E-state index in [-0.39, 0.29) is 26.5 Å². The van der Waals surface area contributed by atoms with Crippen LogP contribution in [0.2, 0.25) is 0 Å². The van der Waals surface area contributed by atoms with Crippen molar-refractivity contribution in [3.05, 3.63) is 224 Å². The quantitative estimate of drug-likeness (QED) is 0.107. The third-order valence-electron chi connectivity index (χ3n) is 12.4. The van der Waals surface area contributed by atoms with E-state index < -0.39 is 11.8 Å². The number of rotatable bonds is 9. The molecule has 0 bridgehead atoms. The van der Waals surface area contributed by atoms with Crippen LogP contribution in [0.15, 0.2) is 194 Å². The van der Waals surface area contributed by atoms with Crippen molar-refractivity contribution >= 4 is 32.8 Å². The van der Waals surface area contributed by atoms with Crippen LogP contribution in [0.1, 0.15) is 55.4 Å². The van der Waals surface area contributed by atoms with Crippen molar-refractivity contribution < 1.29 is 33.1 Å². The number of ether oxygens (including phenoxy) is 1. The fourth-order valence-corrected chi connectivity index (χ4v) is 9.22. The molecule has 0 N–H and O–H groups in total. The van der Waals surface area contributed by atoms with Gasteiger partial charge in [-0.1, -0.05) is 187 Å². The SMILES string of the molecule is [2H]C([2H])(c1ccc(-c2ccc3c(c2)c2ccc(Oc4[c-]c(-n5[c-][n+](-c6c(-c7ccccc7)cccc6-c6ccccc6)c6ccccc65)ccc4)[c-]c2n3-c2cc(C(C)(C)C)ccn2)cc1)C(C)(C)C.[Pt]. The molecule has 3 aromatic heterocycles. The molecule has 11 rings (SSSR count). The zero-order chi connectivity index (χ0) is 48.4. The van der Waals surface area contributed by atoms with Gasteiger partial charge in [-0.3, -0.25) is 4.57 Å². The van der Waals surface area contributed by atoms with Gasteiger partial charge in [0.05, 0.1) is 16.7 Å². The topological polar surface area (TPSA) is 35.9 Å². The van der Waals surface area contributed by atoms with Crippen molar-refractivity contribution in [1.82, 2.24) is 14.1 Å². The number of fused-ring (bicyclic) bond motifs is 4. The molecule has 0 aliphatic heterocycles. The van der Waals surface area contributed by atoms with Crippen LogP contribution in [0.25, 0.3) is 83.4 Å². The summed E-state index contributed by atoms with van der Waals surface area (Å²) in [4.78, 5) is 4.93. The molecule has 11 aromatic rings. The average Bonchev–Trinajstić information content (AvgIpc) is 3.92. The number of para-hydroxylation sites is 3. The number of hydrogen-bond donors (Lipinski definition) is 0. The summed E-state index contributed by atoms with van der Waals surface area (Å²) in [5.41, 5.74) is 13.3. The molecular weight excluding hydrogens is 1020 g/mol. The summed E-state index contributed by atoms with van der Waals surface area (Å²) in [6.07, 6.45) is 4.16. The third-order valence-corrected chi connectivity index (χ3v) is 12.4. The van der Waals surface area contributed by atoms with Gasteiger partial charge in [-0.2, -0.15) is 18.2 Å². The minimum Gasteiger partial charge on any atom is -0.510 e. The zero-order valence-electron chi connectivity index (χ0n) is 41.5. The van der Waals surface area contributed by atoms with Gasteiger partial charge < -0.3 is 13.9 Å². The van der Waals surface area contributed by atoms with Gasteiger partial charge in [-0.05, 0) is 91.0 Å². The number of aromatic nitrogens is 4. The number of imidazole rings is 1. The molecule has 5 nitrogen and oxygen atoms in total. The summed E-state index contributed by atoms with van der Waals surface area (Å²) in [7, 11) is 0. The molecule has 0 aliphatic carbocycles. The monoisotopic (exact) mass is 1080 g/mol. The Morgan fingerprint density at radius 2 is 1.23 bits per heavy atom. The number of pyridine rings is 1. The van der Waals surface area contributed by atoms with Crippen molar-refractivity contribution in [3.8, 4) is 62.1 Å². The second-order valence-corrected chi connectivity index (χ2v) is 19.5. The first-order valence-electron chi connectivity index (χ1n) is 24.2. The van der Waals surface area contributed by atoms with Crippen molar-refractivity contribution in [3.63, 3.8) is 0 Å². The van der Waals surface area contributed by atoms with E-state index in [4.69, 9.17) is 12.5 Å². The summed E-state index contributed by atoms with van der Waals surface area (Å²) < 4.78 is 30.8. The molecule has 0 aliphatic rings. The van der Waals surface area contributed by atoms with Gasteiger partial charge in [0.25, 0.3) is 6.33 Å². The molecular formula is C63H52N4OPt-2. The normalized spacial score (nSPS) is 12.5. The maximum atomic E-state index is 8.83. The van der Waals surface area contributed by atoms with E-state index in [1.165, 1.54) is 5.56 Å². The van der Waals surface area contributed by atoms with Crippen LogP contribution in [0, 0.1) is 23.9 Å². The minimum absolute atomic E-state index is 0. The Kier molecular flexibility index (Phi) is 11.4. The van der Waals surface area contributed by atoms with E-state index in [9.17, 15) is 0 Å². The van der Waals surface area contributed by atoms with Gasteiger partial charge >= 0.3 is 0 Å². The second-order valence-electron chi connectivity index (χ2n) is 19.5. The number of hydrogen-bond acceptors (Lipinski definition) is 2. The molecule has 342 valence electrons. The number of nitrogens with zero attached hydrogens (tertiary/aromatic N) is 4. The Balaban J connectivity index is 0.00000582. The number of benzene rings is 8. The van der Waals surface area contributed by atoms with Gasteiger partial charge in [-0.25, -0.2) is 4.98 Å². The van der Waals surface area contributed by atoms with Crippen LogP contribution in [0.3, 0.4) is 0 Å². The summed E-state index contributed by atoms with van der Waals surface area (Å²) >= 11 is 0. The molecule has 69 heavy (non-hydrogen) atoms. The minimum atomic E-state index is -1.48. The van der Waals surface area contributed by atoms with E-state index >= 15 is 0 Å². The van der Waals surface area contributed by atoms with Gasteiger partial charge in [0.15, 0.2) is 0 Å². The molecule has 0 unspecified atom stereocenters. The van der Waals surface area contributed by atoms with E-state index in [0.717, 1.165) is 83.4 Å². The van der Waals surface area contributed by atoms with Crippen LogP contribution >= 0.6 is 0 Å². The predicted octanol–water partition coefficient (Wildman–Crippen LogP) is 15.5. The molecule has 0 saturated carbocycles. The Bertz CT molecular complexity index is 3680. The van der Waals surface area contributed by atoms with E-state index in [0.29, 0.717) is 17.1 Å². The maximum absolute atomic E-state index is 8.83. The van der Waals surface area contributed by atoms with E-state index in [1.807, 2.05) is 87.6 Å². The molecule has 0 spiro atoms. The predicted molar refractivity (Wildman–Crippen MR) is 278 cm³/mol. The first-order valence-corrected chi connectivity index (χ1v) is 23.2. The summed E-state index contributed by atoms with van der Waals surface area (Å²) in [5, 5.41) is 2.06. The van der Waals surface area contributed by atoms with Crippen LogP contribution < -0.4 is 9.30 Å². The Morgan fingerprint density at radius 3 is 1.93 bits per heavy atom. The Labute approximate surface area is 422 Å². The fraction of sp³-hybridized carbons (Fsp3) is 0.143. The van der Waals surface area contributed by atoms with Crippen molar-refractivity contribution in [2.45, 2.75) is 53.3 Å². The van der Waals surface area contributed by atoms with E-state index in [2.05, 4.69) is 180 Å². The van der Waals surface area contributed by atoms with Crippen LogP contribution in [-0.2, 0) is 32.9 Å². The largest absolute Gasteiger partial charge is 0.510 e. The molecule has 0 radical (unpaired) electrons. The average molecular weight is 1080 g/mol. The Hall–Kier alpha value is -7.33. The summed E-state index contributed by atoms with van der Waals surface area (Å²) in [6, 6.07) is 71.8. The molecule has 0 fully saturated rings. The van der Waals surface area contributed by atoms with Crippen LogP contribution in [-0.4, -0.2) is 14.1 Å². The molecule has 0 saturated heterocycles. The van der Waals surface area contributed by atoms with Gasteiger partial charge in [0, 0.05) is 47.0 Å². The molecule has 0 atom stereocenters. The molecule has 6 heteroatoms. The maximum Gasteiger partial charge on any atom is 0.268 e. The summed E-state index contributed by atoms with van der Waals surface area (Å²) in [6.45, 7) is 12.5. The van der Waals surface area contributed by atoms with Crippen LogP contribution in [0.5, 0.6) is 11.5 Å². The van der Waals surface area contributed by atoms with Crippen LogP contribution in [0.4, 0.5) is 0 Å². The molecule has 0 amide bonds. The van der Waals surface area contributed by atoms with Gasteiger partial charge in [0.1, 0.15) is 5.82 Å². The zero-order valence-corrected chi connectivity index (χ0v) is 41.8. The standard InChI is InChI=1S/C63H52N4O.Pt/c1-62(2,3)41-43-27-29-44(30-28-43)47-31-34-56-55(37-47)54-33-32-51(40-59(54)67(56)60-38-48(35-36-64-60)63(4,5)6)68-50-22-15-21-49(39-50)65-42-66(58-26-14-13-25-57(58)65)61-52(45-17-9-7-10-18-45)23-16-24-53(61)46-19-11-8-12-20-46;/h7-38H,41H2,1-6H3;/q-2;/i41D2;. The molecule has 8 aromatic carbocycles. The molecule has 3 heterocycles. The van der Waals surface area contributed by atoms with Gasteiger partial charge in [0.2, 0.25) is 0 Å². The van der Waals surface area contributed by atoms with Crippen molar-refractivity contribution in [2.24, 2.45) is 5.41 Å². The van der Waals surface area contributed by atoms with Crippen molar-refractivity contribution in [2.75, 3.05) is 0 Å².